The second kappa shape index (κ2) is 4.88. The second-order valence-electron chi connectivity index (χ2n) is 4.02. The molecule has 1 fully saturated rings. The fourth-order valence-corrected chi connectivity index (χ4v) is 1.42. The van der Waals surface area contributed by atoms with Crippen molar-refractivity contribution < 1.29 is 9.53 Å². The van der Waals surface area contributed by atoms with Crippen LogP contribution in [0, 0.1) is 5.92 Å². The number of methoxy groups -OCH3 is 1. The minimum Gasteiger partial charge on any atom is -0.453 e. The van der Waals surface area contributed by atoms with Crippen LogP contribution in [0.3, 0.4) is 0 Å². The van der Waals surface area contributed by atoms with E-state index in [2.05, 4.69) is 15.4 Å². The summed E-state index contributed by atoms with van der Waals surface area (Å²) in [4.78, 5) is 10.9. The predicted octanol–water partition coefficient (Wildman–Crippen LogP) is 2.69. The van der Waals surface area contributed by atoms with Crippen LogP contribution in [0.15, 0.2) is 24.3 Å². The maximum absolute atomic E-state index is 10.9. The maximum atomic E-state index is 10.9. The highest BCUT2D eigenvalue weighted by Gasteiger charge is 2.20. The largest absolute Gasteiger partial charge is 0.453 e. The van der Waals surface area contributed by atoms with Gasteiger partial charge in [-0.25, -0.2) is 4.79 Å². The van der Waals surface area contributed by atoms with Crippen molar-refractivity contribution in [2.75, 3.05) is 24.3 Å². The Labute approximate surface area is 95.0 Å². The van der Waals surface area contributed by atoms with Gasteiger partial charge < -0.3 is 10.1 Å². The van der Waals surface area contributed by atoms with Crippen molar-refractivity contribution in [1.29, 1.82) is 0 Å². The smallest absolute Gasteiger partial charge is 0.411 e. The Balaban J connectivity index is 1.85. The third-order valence-electron chi connectivity index (χ3n) is 2.61. The molecule has 1 aliphatic carbocycles. The molecule has 1 aromatic rings. The summed E-state index contributed by atoms with van der Waals surface area (Å²) in [6.07, 6.45) is 2.24. The van der Waals surface area contributed by atoms with Crippen LogP contribution < -0.4 is 10.6 Å². The van der Waals surface area contributed by atoms with Gasteiger partial charge in [-0.3, -0.25) is 5.32 Å². The summed E-state index contributed by atoms with van der Waals surface area (Å²) in [5.74, 6) is 0.855. The van der Waals surface area contributed by atoms with Gasteiger partial charge in [0, 0.05) is 17.9 Å². The zero-order valence-electron chi connectivity index (χ0n) is 9.32. The fourth-order valence-electron chi connectivity index (χ4n) is 1.42. The van der Waals surface area contributed by atoms with Crippen LogP contribution >= 0.6 is 0 Å². The van der Waals surface area contributed by atoms with Crippen LogP contribution in [0.1, 0.15) is 12.8 Å². The van der Waals surface area contributed by atoms with Crippen LogP contribution in [0.2, 0.25) is 0 Å². The molecule has 1 saturated carbocycles. The SMILES string of the molecule is COC(=O)Nc1ccc(NCC2CC2)cc1. The van der Waals surface area contributed by atoms with E-state index < -0.39 is 6.09 Å². The zero-order valence-corrected chi connectivity index (χ0v) is 9.32. The number of hydrogen-bond donors (Lipinski definition) is 2. The first-order valence-electron chi connectivity index (χ1n) is 5.47. The van der Waals surface area contributed by atoms with Crippen LogP contribution in [0.4, 0.5) is 16.2 Å². The minimum absolute atomic E-state index is 0.446. The normalized spacial score (nSPS) is 14.3. The molecule has 1 aliphatic rings. The van der Waals surface area contributed by atoms with E-state index in [1.165, 1.54) is 20.0 Å². The van der Waals surface area contributed by atoms with Crippen molar-refractivity contribution in [3.8, 4) is 0 Å². The molecule has 4 heteroatoms. The fraction of sp³-hybridized carbons (Fsp3) is 0.417. The molecular weight excluding hydrogens is 204 g/mol. The molecule has 0 aliphatic heterocycles. The Morgan fingerprint density at radius 1 is 1.31 bits per heavy atom. The molecule has 86 valence electrons. The highest BCUT2D eigenvalue weighted by Crippen LogP contribution is 2.29. The third-order valence-corrected chi connectivity index (χ3v) is 2.61. The molecule has 0 radical (unpaired) electrons. The number of carbonyl (C=O) groups excluding carboxylic acids is 1. The Bertz CT molecular complexity index is 358. The lowest BCUT2D eigenvalue weighted by molar-refractivity contribution is 0.187. The number of anilines is 2. The van der Waals surface area contributed by atoms with E-state index in [9.17, 15) is 4.79 Å². The molecule has 0 bridgehead atoms. The first-order chi connectivity index (χ1) is 7.78. The van der Waals surface area contributed by atoms with Crippen LogP contribution in [-0.4, -0.2) is 19.7 Å². The van der Waals surface area contributed by atoms with Gasteiger partial charge in [0.25, 0.3) is 0 Å². The van der Waals surface area contributed by atoms with Gasteiger partial charge in [0.15, 0.2) is 0 Å². The van der Waals surface area contributed by atoms with Crippen LogP contribution in [0.5, 0.6) is 0 Å². The van der Waals surface area contributed by atoms with Gasteiger partial charge in [0.05, 0.1) is 7.11 Å². The van der Waals surface area contributed by atoms with Crippen LogP contribution in [0.25, 0.3) is 0 Å². The molecule has 0 spiro atoms. The standard InChI is InChI=1S/C12H16N2O2/c1-16-12(15)14-11-6-4-10(5-7-11)13-8-9-2-3-9/h4-7,9,13H,2-3,8H2,1H3,(H,14,15). The molecule has 0 aromatic heterocycles. The molecule has 1 aromatic carbocycles. The molecular formula is C12H16N2O2. The van der Waals surface area contributed by atoms with Gasteiger partial charge in [-0.1, -0.05) is 0 Å². The van der Waals surface area contributed by atoms with Crippen molar-refractivity contribution >= 4 is 17.5 Å². The maximum Gasteiger partial charge on any atom is 0.411 e. The molecule has 0 heterocycles. The summed E-state index contributed by atoms with van der Waals surface area (Å²) < 4.78 is 4.51. The molecule has 16 heavy (non-hydrogen) atoms. The summed E-state index contributed by atoms with van der Waals surface area (Å²) in [6.45, 7) is 1.05. The molecule has 1 amide bonds. The number of nitrogens with one attached hydrogen (secondary N) is 2. The topological polar surface area (TPSA) is 50.4 Å². The van der Waals surface area contributed by atoms with Gasteiger partial charge in [-0.15, -0.1) is 0 Å². The van der Waals surface area contributed by atoms with Crippen molar-refractivity contribution in [2.45, 2.75) is 12.8 Å². The first kappa shape index (κ1) is 10.8. The molecule has 4 nitrogen and oxygen atoms in total. The lowest BCUT2D eigenvalue weighted by Crippen LogP contribution is -2.10. The Morgan fingerprint density at radius 3 is 2.50 bits per heavy atom. The highest BCUT2D eigenvalue weighted by atomic mass is 16.5. The Kier molecular flexibility index (Phi) is 3.29. The zero-order chi connectivity index (χ0) is 11.4. The van der Waals surface area contributed by atoms with Crippen molar-refractivity contribution in [3.05, 3.63) is 24.3 Å². The number of ether oxygens (including phenoxy) is 1. The monoisotopic (exact) mass is 220 g/mol. The lowest BCUT2D eigenvalue weighted by atomic mass is 10.2. The van der Waals surface area contributed by atoms with Crippen molar-refractivity contribution in [1.82, 2.24) is 0 Å². The predicted molar refractivity (Wildman–Crippen MR) is 63.7 cm³/mol. The van der Waals surface area contributed by atoms with Crippen molar-refractivity contribution in [2.24, 2.45) is 5.92 Å². The quantitative estimate of drug-likeness (QED) is 0.820. The van der Waals surface area contributed by atoms with E-state index >= 15 is 0 Å². The second-order valence-corrected chi connectivity index (χ2v) is 4.02. The number of rotatable bonds is 4. The molecule has 2 N–H and O–H groups in total. The number of hydrogen-bond acceptors (Lipinski definition) is 3. The van der Waals surface area contributed by atoms with Gasteiger partial charge in [0.2, 0.25) is 0 Å². The number of amides is 1. The van der Waals surface area contributed by atoms with Gasteiger partial charge in [-0.2, -0.15) is 0 Å². The van der Waals surface area contributed by atoms with E-state index in [4.69, 9.17) is 0 Å². The minimum atomic E-state index is -0.446. The summed E-state index contributed by atoms with van der Waals surface area (Å²) in [7, 11) is 1.35. The van der Waals surface area contributed by atoms with Gasteiger partial charge in [0.1, 0.15) is 0 Å². The summed E-state index contributed by atoms with van der Waals surface area (Å²) in [6, 6.07) is 7.61. The van der Waals surface area contributed by atoms with E-state index in [1.54, 1.807) is 0 Å². The number of benzene rings is 1. The lowest BCUT2D eigenvalue weighted by Gasteiger charge is -2.07. The first-order valence-corrected chi connectivity index (χ1v) is 5.47. The van der Waals surface area contributed by atoms with E-state index in [-0.39, 0.29) is 0 Å². The Morgan fingerprint density at radius 2 is 1.94 bits per heavy atom. The molecule has 0 saturated heterocycles. The third kappa shape index (κ3) is 3.15. The molecule has 0 unspecified atom stereocenters. The van der Waals surface area contributed by atoms with E-state index in [0.717, 1.165) is 23.8 Å². The van der Waals surface area contributed by atoms with Crippen LogP contribution in [-0.2, 0) is 4.74 Å². The average Bonchev–Trinajstić information content (AvgIpc) is 3.12. The van der Waals surface area contributed by atoms with Gasteiger partial charge in [-0.05, 0) is 43.0 Å². The van der Waals surface area contributed by atoms with E-state index in [1.807, 2.05) is 24.3 Å². The Hall–Kier alpha value is -1.71. The number of carbonyl (C=O) groups is 1. The summed E-state index contributed by atoms with van der Waals surface area (Å²) in [5, 5.41) is 5.96. The molecule has 2 rings (SSSR count). The van der Waals surface area contributed by atoms with Gasteiger partial charge >= 0.3 is 6.09 Å². The van der Waals surface area contributed by atoms with E-state index in [0.29, 0.717) is 0 Å². The average molecular weight is 220 g/mol. The molecule has 0 atom stereocenters. The summed E-state index contributed by atoms with van der Waals surface area (Å²) in [5.41, 5.74) is 1.83. The van der Waals surface area contributed by atoms with Crippen molar-refractivity contribution in [3.63, 3.8) is 0 Å². The highest BCUT2D eigenvalue weighted by molar-refractivity contribution is 5.84. The summed E-state index contributed by atoms with van der Waals surface area (Å²) >= 11 is 0.